The highest BCUT2D eigenvalue weighted by Gasteiger charge is 2.19. The molecule has 1 N–H and O–H groups in total. The molecule has 0 saturated carbocycles. The second kappa shape index (κ2) is 9.20. The standard InChI is InChI=1S/C21H23ClN2O2/c1-4-24(5-2)21(26)19(14-17-8-6-7-9-18(17)22)23-20(25)16-12-10-15(3)11-13-16/h6-14H,4-5H2,1-3H3,(H,23,25). The highest BCUT2D eigenvalue weighted by atomic mass is 35.5. The maximum Gasteiger partial charge on any atom is 0.270 e. The van der Waals surface area contributed by atoms with Crippen molar-refractivity contribution in [1.82, 2.24) is 10.2 Å². The van der Waals surface area contributed by atoms with Crippen molar-refractivity contribution in [2.24, 2.45) is 0 Å². The summed E-state index contributed by atoms with van der Waals surface area (Å²) < 4.78 is 0. The van der Waals surface area contributed by atoms with Crippen molar-refractivity contribution in [2.75, 3.05) is 13.1 Å². The predicted octanol–water partition coefficient (Wildman–Crippen LogP) is 4.29. The van der Waals surface area contributed by atoms with Crippen LogP contribution in [0.3, 0.4) is 0 Å². The molecule has 5 heteroatoms. The first-order valence-electron chi connectivity index (χ1n) is 8.59. The molecule has 0 aliphatic heterocycles. The Kier molecular flexibility index (Phi) is 6.98. The van der Waals surface area contributed by atoms with Crippen LogP contribution in [-0.2, 0) is 4.79 Å². The van der Waals surface area contributed by atoms with E-state index in [-0.39, 0.29) is 17.5 Å². The van der Waals surface area contributed by atoms with E-state index in [0.717, 1.165) is 5.56 Å². The Labute approximate surface area is 159 Å². The molecule has 2 aromatic carbocycles. The van der Waals surface area contributed by atoms with Crippen molar-refractivity contribution in [2.45, 2.75) is 20.8 Å². The molecular weight excluding hydrogens is 348 g/mol. The van der Waals surface area contributed by atoms with Gasteiger partial charge in [0.2, 0.25) is 0 Å². The van der Waals surface area contributed by atoms with Gasteiger partial charge in [0.15, 0.2) is 0 Å². The van der Waals surface area contributed by atoms with E-state index in [4.69, 9.17) is 11.6 Å². The van der Waals surface area contributed by atoms with Gasteiger partial charge in [-0.05, 0) is 50.6 Å². The normalized spacial score (nSPS) is 11.2. The largest absolute Gasteiger partial charge is 0.338 e. The lowest BCUT2D eigenvalue weighted by Crippen LogP contribution is -2.38. The van der Waals surface area contributed by atoms with Crippen LogP contribution in [0.25, 0.3) is 6.08 Å². The SMILES string of the molecule is CCN(CC)C(=O)C(=Cc1ccccc1Cl)NC(=O)c1ccc(C)cc1. The molecule has 0 heterocycles. The summed E-state index contributed by atoms with van der Waals surface area (Å²) in [6.45, 7) is 6.85. The smallest absolute Gasteiger partial charge is 0.270 e. The van der Waals surface area contributed by atoms with Gasteiger partial charge in [0.05, 0.1) is 0 Å². The summed E-state index contributed by atoms with van der Waals surface area (Å²) in [7, 11) is 0. The van der Waals surface area contributed by atoms with Gasteiger partial charge in [-0.3, -0.25) is 9.59 Å². The second-order valence-corrected chi connectivity index (χ2v) is 6.28. The van der Waals surface area contributed by atoms with Gasteiger partial charge in [-0.1, -0.05) is 47.5 Å². The maximum absolute atomic E-state index is 12.8. The summed E-state index contributed by atoms with van der Waals surface area (Å²) in [5.74, 6) is -0.570. The van der Waals surface area contributed by atoms with Crippen molar-refractivity contribution >= 4 is 29.5 Å². The first-order valence-corrected chi connectivity index (χ1v) is 8.97. The number of nitrogens with zero attached hydrogens (tertiary/aromatic N) is 1. The first kappa shape index (κ1) is 19.7. The number of benzene rings is 2. The number of nitrogens with one attached hydrogen (secondary N) is 1. The fourth-order valence-electron chi connectivity index (χ4n) is 2.48. The van der Waals surface area contributed by atoms with Crippen molar-refractivity contribution < 1.29 is 9.59 Å². The number of hydrogen-bond acceptors (Lipinski definition) is 2. The molecule has 26 heavy (non-hydrogen) atoms. The van der Waals surface area contributed by atoms with E-state index in [9.17, 15) is 9.59 Å². The number of amides is 2. The van der Waals surface area contributed by atoms with Gasteiger partial charge in [0, 0.05) is 23.7 Å². The van der Waals surface area contributed by atoms with E-state index in [1.54, 1.807) is 35.2 Å². The second-order valence-electron chi connectivity index (χ2n) is 5.88. The molecule has 2 amide bonds. The zero-order chi connectivity index (χ0) is 19.1. The topological polar surface area (TPSA) is 49.4 Å². The van der Waals surface area contributed by atoms with E-state index in [1.807, 2.05) is 45.0 Å². The fraction of sp³-hybridized carbons (Fsp3) is 0.238. The van der Waals surface area contributed by atoms with Crippen LogP contribution in [0.5, 0.6) is 0 Å². The third-order valence-corrected chi connectivity index (χ3v) is 4.39. The lowest BCUT2D eigenvalue weighted by atomic mass is 10.1. The molecule has 0 radical (unpaired) electrons. The highest BCUT2D eigenvalue weighted by molar-refractivity contribution is 6.32. The Hall–Kier alpha value is -2.59. The zero-order valence-electron chi connectivity index (χ0n) is 15.3. The molecule has 0 saturated heterocycles. The third kappa shape index (κ3) is 4.96. The molecule has 0 aromatic heterocycles. The van der Waals surface area contributed by atoms with E-state index in [2.05, 4.69) is 5.32 Å². The summed E-state index contributed by atoms with van der Waals surface area (Å²) in [6.07, 6.45) is 1.62. The minimum Gasteiger partial charge on any atom is -0.338 e. The molecule has 136 valence electrons. The van der Waals surface area contributed by atoms with Crippen molar-refractivity contribution in [1.29, 1.82) is 0 Å². The van der Waals surface area contributed by atoms with Gasteiger partial charge < -0.3 is 10.2 Å². The number of halogens is 1. The lowest BCUT2D eigenvalue weighted by Gasteiger charge is -2.21. The Morgan fingerprint density at radius 2 is 1.65 bits per heavy atom. The molecule has 0 aliphatic carbocycles. The van der Waals surface area contributed by atoms with E-state index < -0.39 is 0 Å². The number of rotatable bonds is 6. The molecule has 0 spiro atoms. The highest BCUT2D eigenvalue weighted by Crippen LogP contribution is 2.18. The summed E-state index contributed by atoms with van der Waals surface area (Å²) >= 11 is 6.21. The Balaban J connectivity index is 2.37. The molecule has 0 unspecified atom stereocenters. The average Bonchev–Trinajstić information content (AvgIpc) is 2.64. The van der Waals surface area contributed by atoms with Gasteiger partial charge in [-0.15, -0.1) is 0 Å². The molecule has 0 fully saturated rings. The van der Waals surface area contributed by atoms with Crippen LogP contribution in [0, 0.1) is 6.92 Å². The molecule has 0 bridgehead atoms. The molecule has 0 aliphatic rings. The van der Waals surface area contributed by atoms with Crippen molar-refractivity contribution in [3.8, 4) is 0 Å². The van der Waals surface area contributed by atoms with Crippen LogP contribution >= 0.6 is 11.6 Å². The molecule has 2 aromatic rings. The van der Waals surface area contributed by atoms with Gasteiger partial charge in [-0.25, -0.2) is 0 Å². The molecule has 0 atom stereocenters. The molecule has 4 nitrogen and oxygen atoms in total. The maximum atomic E-state index is 12.8. The van der Waals surface area contributed by atoms with Crippen LogP contribution in [0.4, 0.5) is 0 Å². The van der Waals surface area contributed by atoms with Gasteiger partial charge in [0.1, 0.15) is 5.70 Å². The van der Waals surface area contributed by atoms with Crippen LogP contribution in [0.2, 0.25) is 5.02 Å². The third-order valence-electron chi connectivity index (χ3n) is 4.05. The monoisotopic (exact) mass is 370 g/mol. The average molecular weight is 371 g/mol. The van der Waals surface area contributed by atoms with Crippen molar-refractivity contribution in [3.63, 3.8) is 0 Å². The summed E-state index contributed by atoms with van der Waals surface area (Å²) in [5.41, 5.74) is 2.43. The number of carbonyl (C=O) groups excluding carboxylic acids is 2. The quantitative estimate of drug-likeness (QED) is 0.771. The molecular formula is C21H23ClN2O2. The Morgan fingerprint density at radius 1 is 1.04 bits per heavy atom. The van der Waals surface area contributed by atoms with Crippen LogP contribution in [0.15, 0.2) is 54.2 Å². The predicted molar refractivity (Wildman–Crippen MR) is 106 cm³/mol. The van der Waals surface area contributed by atoms with Gasteiger partial charge in [0.25, 0.3) is 11.8 Å². The minimum atomic E-state index is -0.330. The van der Waals surface area contributed by atoms with E-state index in [0.29, 0.717) is 29.2 Å². The zero-order valence-corrected chi connectivity index (χ0v) is 16.0. The van der Waals surface area contributed by atoms with E-state index >= 15 is 0 Å². The lowest BCUT2D eigenvalue weighted by molar-refractivity contribution is -0.127. The van der Waals surface area contributed by atoms with Gasteiger partial charge in [-0.2, -0.15) is 0 Å². The van der Waals surface area contributed by atoms with Gasteiger partial charge >= 0.3 is 0 Å². The van der Waals surface area contributed by atoms with Crippen LogP contribution in [0.1, 0.15) is 35.3 Å². The minimum absolute atomic E-state index is 0.201. The van der Waals surface area contributed by atoms with Crippen molar-refractivity contribution in [3.05, 3.63) is 75.9 Å². The Morgan fingerprint density at radius 3 is 2.23 bits per heavy atom. The number of likely N-dealkylation sites (N-methyl/N-ethyl adjacent to an activating group) is 1. The summed E-state index contributed by atoms with van der Waals surface area (Å²) in [5, 5.41) is 3.27. The summed E-state index contributed by atoms with van der Waals surface area (Å²) in [4.78, 5) is 27.1. The first-order chi connectivity index (χ1) is 12.5. The molecule has 2 rings (SSSR count). The number of hydrogen-bond donors (Lipinski definition) is 1. The summed E-state index contributed by atoms with van der Waals surface area (Å²) in [6, 6.07) is 14.4. The Bertz CT molecular complexity index is 809. The van der Waals surface area contributed by atoms with Crippen LogP contribution in [-0.4, -0.2) is 29.8 Å². The number of carbonyl (C=O) groups is 2. The van der Waals surface area contributed by atoms with E-state index in [1.165, 1.54) is 0 Å². The number of aryl methyl sites for hydroxylation is 1. The fourth-order valence-corrected chi connectivity index (χ4v) is 2.67. The van der Waals surface area contributed by atoms with Crippen LogP contribution < -0.4 is 5.32 Å².